The Labute approximate surface area is 172 Å². The van der Waals surface area contributed by atoms with Crippen molar-refractivity contribution < 1.29 is 19.0 Å². The highest BCUT2D eigenvalue weighted by atomic mass is 19.1. The predicted molar refractivity (Wildman–Crippen MR) is 113 cm³/mol. The monoisotopic (exact) mass is 401 g/mol. The molecular formula is C24H32FNO3. The second kappa shape index (κ2) is 10.6. The summed E-state index contributed by atoms with van der Waals surface area (Å²) in [5.74, 6) is 1.20. The number of hydrogen-bond donors (Lipinski definition) is 2. The third-order valence-electron chi connectivity index (χ3n) is 5.89. The maximum atomic E-state index is 14.0. The van der Waals surface area contributed by atoms with E-state index in [4.69, 9.17) is 20.3 Å². The average molecular weight is 402 g/mol. The summed E-state index contributed by atoms with van der Waals surface area (Å²) in [7, 11) is 1.56. The molecule has 29 heavy (non-hydrogen) atoms. The number of fused-ring (bicyclic) bond motifs is 1. The van der Waals surface area contributed by atoms with Gasteiger partial charge in [0.2, 0.25) is 0 Å². The van der Waals surface area contributed by atoms with Crippen LogP contribution in [0.5, 0.6) is 11.5 Å². The minimum Gasteiger partial charge on any atom is -0.497 e. The van der Waals surface area contributed by atoms with Gasteiger partial charge in [-0.05, 0) is 79.3 Å². The van der Waals surface area contributed by atoms with Crippen molar-refractivity contribution >= 4 is 0 Å². The van der Waals surface area contributed by atoms with Gasteiger partial charge < -0.3 is 20.3 Å². The number of methoxy groups -OCH3 is 1. The lowest BCUT2D eigenvalue weighted by Crippen LogP contribution is -2.21. The van der Waals surface area contributed by atoms with E-state index in [0.29, 0.717) is 30.7 Å². The van der Waals surface area contributed by atoms with Gasteiger partial charge in [-0.2, -0.15) is 0 Å². The number of benzene rings is 2. The summed E-state index contributed by atoms with van der Waals surface area (Å²) in [6.45, 7) is 1.37. The third-order valence-corrected chi connectivity index (χ3v) is 5.89. The Balaban J connectivity index is 1.60. The van der Waals surface area contributed by atoms with Crippen molar-refractivity contribution in [3.63, 3.8) is 0 Å². The van der Waals surface area contributed by atoms with Gasteiger partial charge in [-0.3, -0.25) is 0 Å². The van der Waals surface area contributed by atoms with E-state index in [1.165, 1.54) is 22.8 Å². The molecule has 0 aromatic heterocycles. The molecule has 1 aliphatic carbocycles. The Morgan fingerprint density at radius 3 is 2.79 bits per heavy atom. The lowest BCUT2D eigenvalue weighted by Gasteiger charge is -2.26. The van der Waals surface area contributed by atoms with Crippen LogP contribution in [0.1, 0.15) is 48.3 Å². The van der Waals surface area contributed by atoms with Gasteiger partial charge >= 0.3 is 0 Å². The zero-order chi connectivity index (χ0) is 20.6. The summed E-state index contributed by atoms with van der Waals surface area (Å²) in [5, 5.41) is 8.99. The van der Waals surface area contributed by atoms with E-state index >= 15 is 0 Å². The number of aryl methyl sites for hydroxylation is 1. The molecule has 0 bridgehead atoms. The molecule has 2 aromatic rings. The highest BCUT2D eigenvalue weighted by molar-refractivity contribution is 5.37. The van der Waals surface area contributed by atoms with Crippen LogP contribution in [-0.4, -0.2) is 32.0 Å². The number of aliphatic hydroxyl groups is 1. The maximum Gasteiger partial charge on any atom is 0.165 e. The lowest BCUT2D eigenvalue weighted by molar-refractivity contribution is 0.225. The first-order valence-electron chi connectivity index (χ1n) is 10.5. The summed E-state index contributed by atoms with van der Waals surface area (Å²) in [4.78, 5) is 0. The first kappa shape index (κ1) is 21.6. The van der Waals surface area contributed by atoms with Crippen molar-refractivity contribution in [2.24, 2.45) is 11.7 Å². The van der Waals surface area contributed by atoms with Gasteiger partial charge in [-0.25, -0.2) is 4.39 Å². The van der Waals surface area contributed by atoms with Crippen LogP contribution in [0.15, 0.2) is 36.4 Å². The number of ether oxygens (including phenoxy) is 2. The molecule has 5 heteroatoms. The molecular weight excluding hydrogens is 369 g/mol. The first-order valence-corrected chi connectivity index (χ1v) is 10.5. The Morgan fingerprint density at radius 1 is 1.17 bits per heavy atom. The molecule has 0 saturated carbocycles. The van der Waals surface area contributed by atoms with Gasteiger partial charge in [0.05, 0.1) is 13.7 Å². The molecule has 158 valence electrons. The number of unbranched alkanes of at least 4 members (excludes halogenated alkanes) is 1. The molecule has 3 N–H and O–H groups in total. The maximum absolute atomic E-state index is 14.0. The van der Waals surface area contributed by atoms with E-state index in [9.17, 15) is 4.39 Å². The molecule has 0 radical (unpaired) electrons. The molecule has 0 amide bonds. The molecule has 1 aliphatic rings. The number of aliphatic hydroxyl groups excluding tert-OH is 1. The van der Waals surface area contributed by atoms with Crippen molar-refractivity contribution in [2.45, 2.75) is 44.4 Å². The van der Waals surface area contributed by atoms with Crippen LogP contribution in [-0.2, 0) is 12.8 Å². The topological polar surface area (TPSA) is 64.7 Å². The van der Waals surface area contributed by atoms with Crippen molar-refractivity contribution in [1.82, 2.24) is 0 Å². The van der Waals surface area contributed by atoms with E-state index in [1.54, 1.807) is 19.2 Å². The first-order chi connectivity index (χ1) is 14.1. The number of hydrogen-bond acceptors (Lipinski definition) is 4. The molecule has 0 heterocycles. The van der Waals surface area contributed by atoms with Crippen molar-refractivity contribution in [3.8, 4) is 11.5 Å². The predicted octanol–water partition coefficient (Wildman–Crippen LogP) is 4.22. The van der Waals surface area contributed by atoms with E-state index < -0.39 is 0 Å². The second-order valence-electron chi connectivity index (χ2n) is 7.90. The molecule has 2 atom stereocenters. The van der Waals surface area contributed by atoms with E-state index in [-0.39, 0.29) is 18.2 Å². The van der Waals surface area contributed by atoms with Crippen molar-refractivity contribution in [1.29, 1.82) is 0 Å². The molecule has 0 unspecified atom stereocenters. The molecule has 0 aliphatic heterocycles. The van der Waals surface area contributed by atoms with Gasteiger partial charge in [-0.15, -0.1) is 0 Å². The van der Waals surface area contributed by atoms with E-state index in [2.05, 4.69) is 18.2 Å². The van der Waals surface area contributed by atoms with Gasteiger partial charge in [0.15, 0.2) is 11.6 Å². The van der Waals surface area contributed by atoms with Crippen LogP contribution in [0, 0.1) is 11.7 Å². The molecule has 4 nitrogen and oxygen atoms in total. The Morgan fingerprint density at radius 2 is 2.03 bits per heavy atom. The molecule has 2 aromatic carbocycles. The van der Waals surface area contributed by atoms with Crippen LogP contribution in [0.2, 0.25) is 0 Å². The van der Waals surface area contributed by atoms with Crippen LogP contribution in [0.25, 0.3) is 0 Å². The van der Waals surface area contributed by atoms with E-state index in [1.807, 2.05) is 0 Å². The van der Waals surface area contributed by atoms with Gasteiger partial charge in [0.1, 0.15) is 5.75 Å². The Kier molecular flexibility index (Phi) is 7.90. The minimum atomic E-state index is -0.360. The van der Waals surface area contributed by atoms with Crippen molar-refractivity contribution in [3.05, 3.63) is 58.9 Å². The zero-order valence-corrected chi connectivity index (χ0v) is 17.2. The summed E-state index contributed by atoms with van der Waals surface area (Å²) >= 11 is 0. The van der Waals surface area contributed by atoms with Gasteiger partial charge in [-0.1, -0.05) is 24.6 Å². The number of nitrogens with two attached hydrogens (primary N) is 1. The van der Waals surface area contributed by atoms with Crippen LogP contribution in [0.3, 0.4) is 0 Å². The lowest BCUT2D eigenvalue weighted by atomic mass is 9.81. The normalized spacial score (nSPS) is 16.9. The molecule has 0 fully saturated rings. The van der Waals surface area contributed by atoms with Gasteiger partial charge in [0.25, 0.3) is 0 Å². The fourth-order valence-corrected chi connectivity index (χ4v) is 4.10. The smallest absolute Gasteiger partial charge is 0.165 e. The molecule has 0 spiro atoms. The van der Waals surface area contributed by atoms with E-state index in [0.717, 1.165) is 38.5 Å². The van der Waals surface area contributed by atoms with Crippen molar-refractivity contribution in [2.75, 3.05) is 26.9 Å². The standard InChI is InChI=1S/C24H32FNO3/c1-28-22-9-10-23(25)24(14-22)29-16-17-5-6-19-13-20(8-7-18(19)12-17)21(15-26)4-2-3-11-27/h7-10,13-14,17,21,27H,2-6,11-12,15-16,26H2,1H3/t17-,21-/m1/s1. The van der Waals surface area contributed by atoms with Crippen LogP contribution < -0.4 is 15.2 Å². The quantitative estimate of drug-likeness (QED) is 0.585. The SMILES string of the molecule is COc1ccc(F)c(OC[C@@H]2CCc3cc([C@@H](CN)CCCCO)ccc3C2)c1. The number of halogens is 1. The van der Waals surface area contributed by atoms with Crippen LogP contribution in [0.4, 0.5) is 4.39 Å². The fraction of sp³-hybridized carbons (Fsp3) is 0.500. The molecule has 3 rings (SSSR count). The largest absolute Gasteiger partial charge is 0.497 e. The summed E-state index contributed by atoms with van der Waals surface area (Å²) in [5.41, 5.74) is 10.0. The third kappa shape index (κ3) is 5.71. The zero-order valence-electron chi connectivity index (χ0n) is 17.2. The highest BCUT2D eigenvalue weighted by Crippen LogP contribution is 2.31. The summed E-state index contributed by atoms with van der Waals surface area (Å²) in [6.07, 6.45) is 5.82. The molecule has 0 saturated heterocycles. The average Bonchev–Trinajstić information content (AvgIpc) is 2.76. The van der Waals surface area contributed by atoms with Gasteiger partial charge in [0, 0.05) is 12.7 Å². The Hall–Kier alpha value is -2.11. The Bertz CT molecular complexity index is 796. The minimum absolute atomic E-state index is 0.241. The van der Waals surface area contributed by atoms with Crippen LogP contribution >= 0.6 is 0 Å². The highest BCUT2D eigenvalue weighted by Gasteiger charge is 2.21. The fourth-order valence-electron chi connectivity index (χ4n) is 4.10. The number of rotatable bonds is 10. The summed E-state index contributed by atoms with van der Waals surface area (Å²) < 4.78 is 24.9. The second-order valence-corrected chi connectivity index (χ2v) is 7.90. The summed E-state index contributed by atoms with van der Waals surface area (Å²) in [6, 6.07) is 11.3.